The van der Waals surface area contributed by atoms with Crippen molar-refractivity contribution < 1.29 is 4.79 Å². The Balaban J connectivity index is 1.84. The number of benzene rings is 1. The summed E-state index contributed by atoms with van der Waals surface area (Å²) < 4.78 is 0. The maximum Gasteiger partial charge on any atom is 0.274 e. The average molecular weight is 351 g/mol. The molecule has 120 valence electrons. The van der Waals surface area contributed by atoms with Crippen LogP contribution in [0, 0.1) is 6.92 Å². The summed E-state index contributed by atoms with van der Waals surface area (Å²) in [5, 5.41) is 3.66. The molecule has 2 heterocycles. The summed E-state index contributed by atoms with van der Waals surface area (Å²) in [4.78, 5) is 23.4. The van der Waals surface area contributed by atoms with Gasteiger partial charge in [0, 0.05) is 23.8 Å². The van der Waals surface area contributed by atoms with Gasteiger partial charge in [-0.25, -0.2) is 9.97 Å². The number of halogens is 2. The van der Waals surface area contributed by atoms with Crippen LogP contribution in [0.2, 0.25) is 10.0 Å². The molecule has 0 spiro atoms. The lowest BCUT2D eigenvalue weighted by Gasteiger charge is -2.16. The van der Waals surface area contributed by atoms with E-state index in [1.807, 2.05) is 6.92 Å². The second kappa shape index (κ2) is 6.72. The molecule has 1 aliphatic heterocycles. The Morgan fingerprint density at radius 1 is 1.17 bits per heavy atom. The third-order valence-corrected chi connectivity index (χ3v) is 4.19. The number of aromatic nitrogens is 2. The molecule has 1 aliphatic rings. The van der Waals surface area contributed by atoms with E-state index in [1.165, 1.54) is 0 Å². The minimum atomic E-state index is -0.319. The van der Waals surface area contributed by atoms with Gasteiger partial charge in [0.25, 0.3) is 5.91 Å². The zero-order valence-corrected chi connectivity index (χ0v) is 14.2. The van der Waals surface area contributed by atoms with Crippen LogP contribution in [0.3, 0.4) is 0 Å². The van der Waals surface area contributed by atoms with Gasteiger partial charge in [-0.3, -0.25) is 4.79 Å². The molecule has 23 heavy (non-hydrogen) atoms. The molecule has 1 N–H and O–H groups in total. The van der Waals surface area contributed by atoms with Crippen molar-refractivity contribution in [3.05, 3.63) is 45.7 Å². The highest BCUT2D eigenvalue weighted by atomic mass is 35.5. The second-order valence-corrected chi connectivity index (χ2v) is 6.31. The van der Waals surface area contributed by atoms with Crippen LogP contribution in [0.5, 0.6) is 0 Å². The number of rotatable bonds is 3. The summed E-state index contributed by atoms with van der Waals surface area (Å²) in [6.07, 6.45) is 2.25. The van der Waals surface area contributed by atoms with Crippen molar-refractivity contribution in [2.75, 3.05) is 23.3 Å². The molecule has 2 aromatic rings. The molecule has 5 nitrogen and oxygen atoms in total. The van der Waals surface area contributed by atoms with Crippen LogP contribution in [0.25, 0.3) is 0 Å². The number of carbonyl (C=O) groups excluding carboxylic acids is 1. The van der Waals surface area contributed by atoms with Gasteiger partial charge in [0.15, 0.2) is 0 Å². The summed E-state index contributed by atoms with van der Waals surface area (Å²) in [6.45, 7) is 3.70. The lowest BCUT2D eigenvalue weighted by molar-refractivity contribution is 0.102. The molecule has 1 fully saturated rings. The molecule has 1 amide bonds. The fraction of sp³-hybridized carbons (Fsp3) is 0.312. The summed E-state index contributed by atoms with van der Waals surface area (Å²) in [6, 6.07) is 6.58. The average Bonchev–Trinajstić information content (AvgIpc) is 3.04. The number of hydrogen-bond donors (Lipinski definition) is 1. The Bertz CT molecular complexity index is 745. The minimum Gasteiger partial charge on any atom is -0.341 e. The highest BCUT2D eigenvalue weighted by Crippen LogP contribution is 2.26. The lowest BCUT2D eigenvalue weighted by atomic mass is 10.3. The molecule has 0 bridgehead atoms. The molecule has 1 aromatic carbocycles. The topological polar surface area (TPSA) is 58.1 Å². The van der Waals surface area contributed by atoms with Gasteiger partial charge in [0.1, 0.15) is 5.69 Å². The quantitative estimate of drug-likeness (QED) is 0.910. The van der Waals surface area contributed by atoms with Gasteiger partial charge in [-0.05, 0) is 44.0 Å². The fourth-order valence-corrected chi connectivity index (χ4v) is 2.96. The Hall–Kier alpha value is -1.85. The van der Waals surface area contributed by atoms with Crippen molar-refractivity contribution in [2.24, 2.45) is 0 Å². The molecule has 0 atom stereocenters. The third kappa shape index (κ3) is 3.74. The number of amides is 1. The van der Waals surface area contributed by atoms with E-state index in [1.54, 1.807) is 24.3 Å². The first-order valence-electron chi connectivity index (χ1n) is 7.40. The van der Waals surface area contributed by atoms with Crippen molar-refractivity contribution in [1.29, 1.82) is 0 Å². The van der Waals surface area contributed by atoms with Crippen molar-refractivity contribution >= 4 is 40.7 Å². The Morgan fingerprint density at radius 2 is 1.91 bits per heavy atom. The molecular formula is C16H16Cl2N4O. The van der Waals surface area contributed by atoms with Gasteiger partial charge in [0.05, 0.1) is 10.7 Å². The Labute approximate surface area is 144 Å². The van der Waals surface area contributed by atoms with Gasteiger partial charge in [-0.2, -0.15) is 0 Å². The SMILES string of the molecule is Cc1cc(C(=O)Nc2ccc(Cl)cc2Cl)nc(N2CCCC2)n1. The second-order valence-electron chi connectivity index (χ2n) is 5.47. The van der Waals surface area contributed by atoms with Gasteiger partial charge in [0.2, 0.25) is 5.95 Å². The normalized spacial score (nSPS) is 14.1. The molecule has 0 aliphatic carbocycles. The van der Waals surface area contributed by atoms with Gasteiger partial charge in [-0.1, -0.05) is 23.2 Å². The van der Waals surface area contributed by atoms with Crippen molar-refractivity contribution in [3.63, 3.8) is 0 Å². The largest absolute Gasteiger partial charge is 0.341 e. The Morgan fingerprint density at radius 3 is 2.61 bits per heavy atom. The van der Waals surface area contributed by atoms with E-state index in [9.17, 15) is 4.79 Å². The molecule has 0 unspecified atom stereocenters. The molecule has 1 saturated heterocycles. The van der Waals surface area contributed by atoms with E-state index in [2.05, 4.69) is 20.2 Å². The maximum atomic E-state index is 12.5. The molecule has 0 saturated carbocycles. The van der Waals surface area contributed by atoms with Crippen LogP contribution < -0.4 is 10.2 Å². The smallest absolute Gasteiger partial charge is 0.274 e. The first-order valence-corrected chi connectivity index (χ1v) is 8.15. The molecule has 3 rings (SSSR count). The lowest BCUT2D eigenvalue weighted by Crippen LogP contribution is -2.23. The number of carbonyl (C=O) groups is 1. The highest BCUT2D eigenvalue weighted by molar-refractivity contribution is 6.36. The number of nitrogens with one attached hydrogen (secondary N) is 1. The standard InChI is InChI=1S/C16H16Cl2N4O/c1-10-8-14(21-16(19-10)22-6-2-3-7-22)15(23)20-13-5-4-11(17)9-12(13)18/h4-5,8-9H,2-3,6-7H2,1H3,(H,20,23). The predicted octanol–water partition coefficient (Wildman–Crippen LogP) is 3.94. The van der Waals surface area contributed by atoms with Crippen LogP contribution in [0.1, 0.15) is 29.0 Å². The van der Waals surface area contributed by atoms with Crippen molar-refractivity contribution in [2.45, 2.75) is 19.8 Å². The van der Waals surface area contributed by atoms with Crippen LogP contribution in [0.15, 0.2) is 24.3 Å². The summed E-state index contributed by atoms with van der Waals surface area (Å²) >= 11 is 11.9. The summed E-state index contributed by atoms with van der Waals surface area (Å²) in [7, 11) is 0. The predicted molar refractivity (Wildman–Crippen MR) is 92.6 cm³/mol. The van der Waals surface area contributed by atoms with Gasteiger partial charge in [-0.15, -0.1) is 0 Å². The van der Waals surface area contributed by atoms with E-state index in [0.717, 1.165) is 31.6 Å². The minimum absolute atomic E-state index is 0.319. The number of aryl methyl sites for hydroxylation is 1. The first kappa shape index (κ1) is 16.0. The van der Waals surface area contributed by atoms with Crippen LogP contribution in [-0.4, -0.2) is 29.0 Å². The summed E-state index contributed by atoms with van der Waals surface area (Å²) in [5.41, 5.74) is 1.58. The van der Waals surface area contributed by atoms with Gasteiger partial charge < -0.3 is 10.2 Å². The van der Waals surface area contributed by atoms with Crippen LogP contribution >= 0.6 is 23.2 Å². The van der Waals surface area contributed by atoms with E-state index in [4.69, 9.17) is 23.2 Å². The molecule has 7 heteroatoms. The van der Waals surface area contributed by atoms with Crippen LogP contribution in [-0.2, 0) is 0 Å². The molecule has 0 radical (unpaired) electrons. The third-order valence-electron chi connectivity index (χ3n) is 3.64. The molecule has 1 aromatic heterocycles. The van der Waals surface area contributed by atoms with Crippen molar-refractivity contribution in [1.82, 2.24) is 9.97 Å². The van der Waals surface area contributed by atoms with Gasteiger partial charge >= 0.3 is 0 Å². The zero-order chi connectivity index (χ0) is 16.4. The maximum absolute atomic E-state index is 12.5. The van der Waals surface area contributed by atoms with E-state index < -0.39 is 0 Å². The first-order chi connectivity index (χ1) is 11.0. The van der Waals surface area contributed by atoms with Crippen LogP contribution in [0.4, 0.5) is 11.6 Å². The number of anilines is 2. The van der Waals surface area contributed by atoms with E-state index in [0.29, 0.717) is 27.4 Å². The fourth-order valence-electron chi connectivity index (χ4n) is 2.50. The van der Waals surface area contributed by atoms with E-state index >= 15 is 0 Å². The number of nitrogens with zero attached hydrogens (tertiary/aromatic N) is 3. The zero-order valence-electron chi connectivity index (χ0n) is 12.6. The highest BCUT2D eigenvalue weighted by Gasteiger charge is 2.18. The monoisotopic (exact) mass is 350 g/mol. The summed E-state index contributed by atoms with van der Waals surface area (Å²) in [5.74, 6) is 0.287. The number of hydrogen-bond acceptors (Lipinski definition) is 4. The molecular weight excluding hydrogens is 335 g/mol. The Kier molecular flexibility index (Phi) is 4.68. The van der Waals surface area contributed by atoms with Crippen molar-refractivity contribution in [3.8, 4) is 0 Å². The van der Waals surface area contributed by atoms with E-state index in [-0.39, 0.29) is 5.91 Å².